The van der Waals surface area contributed by atoms with E-state index < -0.39 is 0 Å². The van der Waals surface area contributed by atoms with Crippen LogP contribution in [0, 0.1) is 5.92 Å². The quantitative estimate of drug-likeness (QED) is 0.835. The largest absolute Gasteiger partial charge is 0.508 e. The van der Waals surface area contributed by atoms with Gasteiger partial charge in [-0.25, -0.2) is 0 Å². The molecule has 3 heteroatoms. The fourth-order valence-corrected chi connectivity index (χ4v) is 3.43. The van der Waals surface area contributed by atoms with Gasteiger partial charge in [0.25, 0.3) is 0 Å². The summed E-state index contributed by atoms with van der Waals surface area (Å²) in [5.74, 6) is 1.13. The number of phenols is 1. The topological polar surface area (TPSA) is 32.3 Å². The van der Waals surface area contributed by atoms with E-state index in [-0.39, 0.29) is 6.04 Å². The molecule has 1 fully saturated rings. The van der Waals surface area contributed by atoms with Crippen molar-refractivity contribution < 1.29 is 5.11 Å². The summed E-state index contributed by atoms with van der Waals surface area (Å²) in [6.07, 6.45) is 6.25. The molecule has 3 unspecified atom stereocenters. The van der Waals surface area contributed by atoms with E-state index in [2.05, 4.69) is 35.1 Å². The molecule has 3 atom stereocenters. The van der Waals surface area contributed by atoms with Gasteiger partial charge >= 0.3 is 0 Å². The maximum atomic E-state index is 10.1. The molecule has 2 nitrogen and oxygen atoms in total. The lowest BCUT2D eigenvalue weighted by atomic mass is 9.85. The van der Waals surface area contributed by atoms with E-state index in [0.717, 1.165) is 22.4 Å². The van der Waals surface area contributed by atoms with Gasteiger partial charge in [0.05, 0.1) is 0 Å². The summed E-state index contributed by atoms with van der Waals surface area (Å²) in [5, 5.41) is 13.8. The predicted molar refractivity (Wildman–Crippen MR) is 83.4 cm³/mol. The summed E-state index contributed by atoms with van der Waals surface area (Å²) in [6, 6.07) is 6.51. The SMILES string of the molecule is CCC(NC1CCCCC1C)c1cc(Br)ccc1O. The molecular formula is C16H24BrNO. The molecule has 19 heavy (non-hydrogen) atoms. The summed E-state index contributed by atoms with van der Waals surface area (Å²) in [4.78, 5) is 0. The first-order chi connectivity index (χ1) is 9.11. The Morgan fingerprint density at radius 1 is 1.37 bits per heavy atom. The molecule has 1 aromatic carbocycles. The highest BCUT2D eigenvalue weighted by molar-refractivity contribution is 9.10. The van der Waals surface area contributed by atoms with Crippen LogP contribution in [0.4, 0.5) is 0 Å². The molecule has 0 bridgehead atoms. The predicted octanol–water partition coefficient (Wildman–Crippen LogP) is 4.77. The lowest BCUT2D eigenvalue weighted by Crippen LogP contribution is -2.39. The Morgan fingerprint density at radius 3 is 2.79 bits per heavy atom. The number of halogens is 1. The van der Waals surface area contributed by atoms with Gasteiger partial charge in [-0.2, -0.15) is 0 Å². The standard InChI is InChI=1S/C16H24BrNO/c1-3-14(13-10-12(17)8-9-16(13)19)18-15-7-5-4-6-11(15)2/h8-11,14-15,18-19H,3-7H2,1-2H3. The van der Waals surface area contributed by atoms with Crippen molar-refractivity contribution in [3.05, 3.63) is 28.2 Å². The van der Waals surface area contributed by atoms with Gasteiger partial charge in [-0.3, -0.25) is 0 Å². The third kappa shape index (κ3) is 3.73. The Labute approximate surface area is 124 Å². The van der Waals surface area contributed by atoms with Crippen molar-refractivity contribution in [2.24, 2.45) is 5.92 Å². The molecule has 1 aromatic rings. The van der Waals surface area contributed by atoms with E-state index >= 15 is 0 Å². The average molecular weight is 326 g/mol. The van der Waals surface area contributed by atoms with Crippen LogP contribution in [0.15, 0.2) is 22.7 Å². The van der Waals surface area contributed by atoms with E-state index in [1.165, 1.54) is 25.7 Å². The summed E-state index contributed by atoms with van der Waals surface area (Å²) in [7, 11) is 0. The van der Waals surface area contributed by atoms with E-state index in [1.807, 2.05) is 12.1 Å². The van der Waals surface area contributed by atoms with E-state index in [4.69, 9.17) is 0 Å². The maximum Gasteiger partial charge on any atom is 0.120 e. The van der Waals surface area contributed by atoms with Crippen molar-refractivity contribution in [2.45, 2.75) is 58.0 Å². The Bertz CT molecular complexity index is 421. The highest BCUT2D eigenvalue weighted by atomic mass is 79.9. The van der Waals surface area contributed by atoms with Crippen molar-refractivity contribution in [3.8, 4) is 5.75 Å². The van der Waals surface area contributed by atoms with Crippen molar-refractivity contribution in [2.75, 3.05) is 0 Å². The lowest BCUT2D eigenvalue weighted by Gasteiger charge is -2.33. The van der Waals surface area contributed by atoms with Crippen molar-refractivity contribution in [3.63, 3.8) is 0 Å². The van der Waals surface area contributed by atoms with E-state index in [0.29, 0.717) is 11.8 Å². The third-order valence-electron chi connectivity index (χ3n) is 4.30. The second kappa shape index (κ2) is 6.76. The highest BCUT2D eigenvalue weighted by Gasteiger charge is 2.24. The number of aromatic hydroxyl groups is 1. The highest BCUT2D eigenvalue weighted by Crippen LogP contribution is 2.32. The van der Waals surface area contributed by atoms with Crippen LogP contribution in [0.5, 0.6) is 5.75 Å². The minimum Gasteiger partial charge on any atom is -0.508 e. The van der Waals surface area contributed by atoms with Crippen LogP contribution in [0.3, 0.4) is 0 Å². The molecule has 0 aliphatic heterocycles. The van der Waals surface area contributed by atoms with Crippen LogP contribution >= 0.6 is 15.9 Å². The van der Waals surface area contributed by atoms with E-state index in [9.17, 15) is 5.11 Å². The number of benzene rings is 1. The molecule has 2 N–H and O–H groups in total. The molecule has 0 heterocycles. The number of hydrogen-bond acceptors (Lipinski definition) is 2. The van der Waals surface area contributed by atoms with Gasteiger partial charge in [0.2, 0.25) is 0 Å². The Balaban J connectivity index is 2.13. The van der Waals surface area contributed by atoms with Crippen LogP contribution in [0.2, 0.25) is 0 Å². The molecule has 0 aromatic heterocycles. The molecule has 0 radical (unpaired) electrons. The first kappa shape index (κ1) is 14.9. The summed E-state index contributed by atoms with van der Waals surface area (Å²) >= 11 is 3.49. The maximum absolute atomic E-state index is 10.1. The molecule has 0 amide bonds. The van der Waals surface area contributed by atoms with E-state index in [1.54, 1.807) is 6.07 Å². The Morgan fingerprint density at radius 2 is 2.11 bits per heavy atom. The van der Waals surface area contributed by atoms with Gasteiger partial charge in [0, 0.05) is 22.1 Å². The second-order valence-electron chi connectivity index (χ2n) is 5.70. The smallest absolute Gasteiger partial charge is 0.120 e. The average Bonchev–Trinajstić information content (AvgIpc) is 2.41. The molecular weight excluding hydrogens is 302 g/mol. The van der Waals surface area contributed by atoms with Crippen molar-refractivity contribution >= 4 is 15.9 Å². The van der Waals surface area contributed by atoms with Gasteiger partial charge in [-0.05, 0) is 43.4 Å². The summed E-state index contributed by atoms with van der Waals surface area (Å²) in [5.41, 5.74) is 1.01. The molecule has 2 rings (SSSR count). The molecule has 0 saturated heterocycles. The minimum atomic E-state index is 0.239. The number of nitrogens with one attached hydrogen (secondary N) is 1. The number of rotatable bonds is 4. The third-order valence-corrected chi connectivity index (χ3v) is 4.79. The lowest BCUT2D eigenvalue weighted by molar-refractivity contribution is 0.254. The van der Waals surface area contributed by atoms with Gasteiger partial charge in [0.1, 0.15) is 5.75 Å². The van der Waals surface area contributed by atoms with Crippen LogP contribution in [0.25, 0.3) is 0 Å². The van der Waals surface area contributed by atoms with Crippen molar-refractivity contribution in [1.29, 1.82) is 0 Å². The van der Waals surface area contributed by atoms with Gasteiger partial charge in [0.15, 0.2) is 0 Å². The van der Waals surface area contributed by atoms with Gasteiger partial charge in [-0.1, -0.05) is 42.6 Å². The van der Waals surface area contributed by atoms with Crippen LogP contribution in [-0.2, 0) is 0 Å². The zero-order valence-electron chi connectivity index (χ0n) is 11.8. The van der Waals surface area contributed by atoms with Crippen LogP contribution in [0.1, 0.15) is 57.6 Å². The number of hydrogen-bond donors (Lipinski definition) is 2. The number of phenolic OH excluding ortho intramolecular Hbond substituents is 1. The normalized spacial score (nSPS) is 25.2. The van der Waals surface area contributed by atoms with Crippen LogP contribution < -0.4 is 5.32 Å². The molecule has 1 aliphatic carbocycles. The zero-order valence-corrected chi connectivity index (χ0v) is 13.4. The fourth-order valence-electron chi connectivity index (χ4n) is 3.05. The van der Waals surface area contributed by atoms with Crippen LogP contribution in [-0.4, -0.2) is 11.1 Å². The molecule has 1 saturated carbocycles. The first-order valence-electron chi connectivity index (χ1n) is 7.36. The summed E-state index contributed by atoms with van der Waals surface area (Å²) in [6.45, 7) is 4.51. The first-order valence-corrected chi connectivity index (χ1v) is 8.15. The summed E-state index contributed by atoms with van der Waals surface area (Å²) < 4.78 is 1.03. The zero-order chi connectivity index (χ0) is 13.8. The van der Waals surface area contributed by atoms with Gasteiger partial charge in [-0.15, -0.1) is 0 Å². The molecule has 1 aliphatic rings. The molecule has 106 valence electrons. The molecule has 0 spiro atoms. The second-order valence-corrected chi connectivity index (χ2v) is 6.61. The fraction of sp³-hybridized carbons (Fsp3) is 0.625. The Hall–Kier alpha value is -0.540. The monoisotopic (exact) mass is 325 g/mol. The minimum absolute atomic E-state index is 0.239. The van der Waals surface area contributed by atoms with Crippen molar-refractivity contribution in [1.82, 2.24) is 5.32 Å². The Kier molecular flexibility index (Phi) is 5.28. The van der Waals surface area contributed by atoms with Gasteiger partial charge < -0.3 is 10.4 Å².